The number of hydrogen-bond donors (Lipinski definition) is 0. The van der Waals surface area contributed by atoms with Crippen LogP contribution in [-0.2, 0) is 0 Å². The van der Waals surface area contributed by atoms with Crippen molar-refractivity contribution in [2.75, 3.05) is 0 Å². The van der Waals surface area contributed by atoms with E-state index in [4.69, 9.17) is 53.1 Å². The molecule has 14 heteroatoms. The van der Waals surface area contributed by atoms with E-state index in [1.165, 1.54) is 20.2 Å². The van der Waals surface area contributed by atoms with Gasteiger partial charge in [0.05, 0.1) is 34.5 Å². The number of fused-ring (bicyclic) bond motifs is 28. The summed E-state index contributed by atoms with van der Waals surface area (Å²) in [4.78, 5) is 41.0. The van der Waals surface area contributed by atoms with E-state index >= 15 is 0 Å². The second-order valence-electron chi connectivity index (χ2n) is 26.9. The van der Waals surface area contributed by atoms with E-state index in [1.54, 1.807) is 11.3 Å². The first kappa shape index (κ1) is 58.3. The van der Waals surface area contributed by atoms with E-state index in [0.29, 0.717) is 34.9 Å². The van der Waals surface area contributed by atoms with Crippen molar-refractivity contribution in [1.82, 2.24) is 48.7 Å². The molecule has 0 unspecified atom stereocenters. The van der Waals surface area contributed by atoms with Gasteiger partial charge in [0, 0.05) is 107 Å². The molecule has 24 aromatic rings. The Morgan fingerprint density at radius 3 is 1.01 bits per heavy atom. The van der Waals surface area contributed by atoms with E-state index in [2.05, 4.69) is 185 Å². The van der Waals surface area contributed by atoms with Crippen LogP contribution in [0.15, 0.2) is 317 Å². The minimum absolute atomic E-state index is 0.595. The molecule has 0 saturated heterocycles. The van der Waals surface area contributed by atoms with Crippen LogP contribution in [0.2, 0.25) is 0 Å². The zero-order valence-corrected chi connectivity index (χ0v) is 56.8. The van der Waals surface area contributed by atoms with Gasteiger partial charge in [-0.15, -0.1) is 11.3 Å². The molecule has 0 fully saturated rings. The second-order valence-corrected chi connectivity index (χ2v) is 28.0. The Morgan fingerprint density at radius 1 is 0.208 bits per heavy atom. The summed E-state index contributed by atoms with van der Waals surface area (Å²) in [6.45, 7) is 0. The molecule has 106 heavy (non-hydrogen) atoms. The predicted molar refractivity (Wildman–Crippen MR) is 430 cm³/mol. The van der Waals surface area contributed by atoms with Crippen molar-refractivity contribution < 1.29 is 13.3 Å². The summed E-state index contributed by atoms with van der Waals surface area (Å²) < 4.78 is 25.6. The van der Waals surface area contributed by atoms with Gasteiger partial charge in [-0.3, -0.25) is 8.80 Å². The standard InChI is InChI=1S/C46H25N5O2.C46H25N5OS/c1-2-10-26(11-3-1)44-48-45(50-46(49-44)28-19-21-39-35(23-28)30-13-6-8-16-37(30)52-39)27-18-20-33-34(22-27)29-12-4-5-15-32(29)42-43(33)51-25-40-36(24-41(51)47-42)31-14-7-9-17-38(31)53-40;1-2-10-26(11-3-1)44-48-45(50-46(49-44)28-19-21-40-36(23-28)31-14-7-9-17-39(31)53-40)27-18-20-33-34(22-27)29-12-4-5-15-32(29)42-43(33)51-25-38-35(24-41(51)47-42)30-13-6-8-16-37(30)52-38/h2*1-25H. The Labute approximate surface area is 603 Å². The Morgan fingerprint density at radius 2 is 0.538 bits per heavy atom. The van der Waals surface area contributed by atoms with Gasteiger partial charge in [-0.25, -0.2) is 39.9 Å². The van der Waals surface area contributed by atoms with Crippen molar-refractivity contribution in [2.24, 2.45) is 0 Å². The lowest BCUT2D eigenvalue weighted by atomic mass is 9.98. The molecule has 0 bridgehead atoms. The Bertz CT molecular complexity index is 7400. The van der Waals surface area contributed by atoms with Gasteiger partial charge in [0.1, 0.15) is 33.6 Å². The summed E-state index contributed by atoms with van der Waals surface area (Å²) in [5.74, 6) is 3.70. The van der Waals surface area contributed by atoms with E-state index in [1.807, 2.05) is 127 Å². The zero-order chi connectivity index (χ0) is 69.2. The van der Waals surface area contributed by atoms with E-state index in [9.17, 15) is 0 Å². The fourth-order valence-corrected chi connectivity index (χ4v) is 17.0. The monoisotopic (exact) mass is 1370 g/mol. The number of furan rings is 3. The SMILES string of the molecule is c1ccc(-c2nc(-c3ccc4oc5ccccc5c4c3)nc(-c3ccc4c(c3)c3ccccc3c3nc5cc6c(cn5c43)oc3ccccc36)n2)cc1.c1ccc(-c2nc(-c3ccc4sc5ccccc5c4c3)nc(-c3ccc4c(c3)c3ccccc3c3nc5cc6c(cn5c43)oc3ccccc36)n2)cc1. The second kappa shape index (κ2) is 22.6. The van der Waals surface area contributed by atoms with E-state index in [-0.39, 0.29) is 0 Å². The van der Waals surface area contributed by atoms with Crippen molar-refractivity contribution in [3.63, 3.8) is 0 Å². The Hall–Kier alpha value is -14.3. The average Bonchev–Trinajstić information content (AvgIpc) is 1.53. The minimum Gasteiger partial charge on any atom is -0.456 e. The quantitative estimate of drug-likeness (QED) is 0.146. The van der Waals surface area contributed by atoms with Crippen LogP contribution in [0.1, 0.15) is 0 Å². The number of para-hydroxylation sites is 3. The Balaban J connectivity index is 0.000000129. The zero-order valence-electron chi connectivity index (χ0n) is 56.0. The normalized spacial score (nSPS) is 12.2. The molecule has 0 atom stereocenters. The minimum atomic E-state index is 0.595. The van der Waals surface area contributed by atoms with Crippen LogP contribution in [-0.4, -0.2) is 48.7 Å². The maximum atomic E-state index is 6.32. The molecule has 0 N–H and O–H groups in total. The molecule has 10 aromatic heterocycles. The maximum absolute atomic E-state index is 6.32. The van der Waals surface area contributed by atoms with Crippen LogP contribution < -0.4 is 0 Å². The van der Waals surface area contributed by atoms with Crippen LogP contribution in [0.3, 0.4) is 0 Å². The van der Waals surface area contributed by atoms with E-state index < -0.39 is 0 Å². The van der Waals surface area contributed by atoms with Gasteiger partial charge in [-0.2, -0.15) is 0 Å². The van der Waals surface area contributed by atoms with Crippen molar-refractivity contribution in [3.05, 3.63) is 304 Å². The number of pyridine rings is 2. The van der Waals surface area contributed by atoms with Crippen LogP contribution >= 0.6 is 11.3 Å². The number of nitrogens with zero attached hydrogens (tertiary/aromatic N) is 10. The molecule has 0 amide bonds. The first-order chi connectivity index (χ1) is 52.5. The molecular formula is C92H50N10O3S. The van der Waals surface area contributed by atoms with E-state index in [0.717, 1.165) is 176 Å². The van der Waals surface area contributed by atoms with Gasteiger partial charge in [-0.1, -0.05) is 206 Å². The predicted octanol–water partition coefficient (Wildman–Crippen LogP) is 24.0. The fraction of sp³-hybridized carbons (Fsp3) is 0. The molecule has 492 valence electrons. The highest BCUT2D eigenvalue weighted by Gasteiger charge is 2.23. The lowest BCUT2D eigenvalue weighted by Gasteiger charge is -2.11. The van der Waals surface area contributed by atoms with Crippen LogP contribution in [0.25, 0.3) is 231 Å². The number of hydrogen-bond acceptors (Lipinski definition) is 12. The van der Waals surface area contributed by atoms with Crippen molar-refractivity contribution in [1.29, 1.82) is 0 Å². The van der Waals surface area contributed by atoms with Gasteiger partial charge in [0.25, 0.3) is 0 Å². The number of thiophene rings is 1. The third-order valence-electron chi connectivity index (χ3n) is 20.9. The summed E-state index contributed by atoms with van der Waals surface area (Å²) in [6.07, 6.45) is 4.16. The molecule has 0 saturated carbocycles. The summed E-state index contributed by atoms with van der Waals surface area (Å²) in [7, 11) is 0. The van der Waals surface area contributed by atoms with Gasteiger partial charge in [-0.05, 0) is 106 Å². The summed E-state index contributed by atoms with van der Waals surface area (Å²) >= 11 is 1.81. The summed E-state index contributed by atoms with van der Waals surface area (Å²) in [6, 6.07) is 100. The largest absolute Gasteiger partial charge is 0.456 e. The Kier molecular flexibility index (Phi) is 12.4. The van der Waals surface area contributed by atoms with Crippen molar-refractivity contribution in [2.45, 2.75) is 0 Å². The van der Waals surface area contributed by atoms with Gasteiger partial charge in [0.15, 0.2) is 46.1 Å². The fourth-order valence-electron chi connectivity index (χ4n) is 15.9. The van der Waals surface area contributed by atoms with Gasteiger partial charge >= 0.3 is 0 Å². The number of aromatic nitrogens is 10. The average molecular weight is 1380 g/mol. The number of imidazole rings is 2. The number of benzene rings is 14. The van der Waals surface area contributed by atoms with Crippen molar-refractivity contribution >= 4 is 174 Å². The maximum Gasteiger partial charge on any atom is 0.164 e. The smallest absolute Gasteiger partial charge is 0.164 e. The molecule has 24 rings (SSSR count). The molecule has 13 nitrogen and oxygen atoms in total. The molecule has 0 aliphatic heterocycles. The van der Waals surface area contributed by atoms with Crippen molar-refractivity contribution in [3.8, 4) is 68.3 Å². The first-order valence-electron chi connectivity index (χ1n) is 35.1. The van der Waals surface area contributed by atoms with Crippen LogP contribution in [0, 0.1) is 0 Å². The van der Waals surface area contributed by atoms with Crippen LogP contribution in [0.5, 0.6) is 0 Å². The topological polar surface area (TPSA) is 151 Å². The molecule has 0 aliphatic rings. The van der Waals surface area contributed by atoms with Crippen LogP contribution in [0.4, 0.5) is 0 Å². The first-order valence-corrected chi connectivity index (χ1v) is 35.9. The molecule has 0 radical (unpaired) electrons. The van der Waals surface area contributed by atoms with Gasteiger partial charge < -0.3 is 13.3 Å². The lowest BCUT2D eigenvalue weighted by Crippen LogP contribution is -2.00. The lowest BCUT2D eigenvalue weighted by molar-refractivity contribution is 0.666. The molecular weight excluding hydrogens is 1330 g/mol. The summed E-state index contributed by atoms with van der Waals surface area (Å²) in [5, 5.41) is 17.6. The summed E-state index contributed by atoms with van der Waals surface area (Å²) in [5.41, 5.74) is 16.3. The third kappa shape index (κ3) is 9.01. The molecule has 10 heterocycles. The highest BCUT2D eigenvalue weighted by molar-refractivity contribution is 7.25. The highest BCUT2D eigenvalue weighted by Crippen LogP contribution is 2.44. The van der Waals surface area contributed by atoms with Gasteiger partial charge in [0.2, 0.25) is 0 Å². The third-order valence-corrected chi connectivity index (χ3v) is 22.0. The molecule has 14 aromatic carbocycles. The molecule has 0 aliphatic carbocycles. The highest BCUT2D eigenvalue weighted by atomic mass is 32.1. The number of rotatable bonds is 6. The molecule has 0 spiro atoms.